The molecule has 0 N–H and O–H groups in total. The first-order valence-electron chi connectivity index (χ1n) is 10.6. The monoisotopic (exact) mass is 463 g/mol. The second-order valence-corrected chi connectivity index (χ2v) is 8.87. The predicted molar refractivity (Wildman–Crippen MR) is 102 cm³/mol. The Kier molecular flexibility index (Phi) is 4.99. The van der Waals surface area contributed by atoms with E-state index in [-0.39, 0.29) is 29.9 Å². The highest BCUT2D eigenvalue weighted by Crippen LogP contribution is 2.51. The van der Waals surface area contributed by atoms with Gasteiger partial charge in [0.15, 0.2) is 0 Å². The number of anilines is 1. The molecule has 4 aliphatic rings. The van der Waals surface area contributed by atoms with E-state index in [1.807, 2.05) is 7.05 Å². The Bertz CT molecular complexity index is 882. The molecule has 4 unspecified atom stereocenters. The average Bonchev–Trinajstić information content (AvgIpc) is 3.24. The lowest BCUT2D eigenvalue weighted by molar-refractivity contribution is -0.143. The number of morpholine rings is 1. The zero-order chi connectivity index (χ0) is 22.9. The fourth-order valence-corrected chi connectivity index (χ4v) is 5.75. The topological polar surface area (TPSA) is 43.7 Å². The predicted octanol–water partition coefficient (Wildman–Crippen LogP) is 4.18. The van der Waals surface area contributed by atoms with E-state index in [1.54, 1.807) is 0 Å². The number of nitrogens with zero attached hydrogens (tertiary/aromatic N) is 5. The molecule has 4 heterocycles. The Morgan fingerprint density at radius 1 is 0.969 bits per heavy atom. The minimum Gasteiger partial charge on any atom is -0.379 e. The summed E-state index contributed by atoms with van der Waals surface area (Å²) < 4.78 is 86.6. The molecule has 12 heteroatoms. The molecule has 1 aromatic carbocycles. The van der Waals surface area contributed by atoms with E-state index >= 15 is 0 Å². The Balaban J connectivity index is 1.65. The molecule has 1 aromatic rings. The maximum Gasteiger partial charge on any atom is 0.416 e. The van der Waals surface area contributed by atoms with Crippen LogP contribution < -0.4 is 5.01 Å². The van der Waals surface area contributed by atoms with E-state index in [4.69, 9.17) is 4.74 Å². The van der Waals surface area contributed by atoms with Crippen molar-refractivity contribution in [1.82, 2.24) is 9.80 Å². The van der Waals surface area contributed by atoms with Gasteiger partial charge >= 0.3 is 12.4 Å². The van der Waals surface area contributed by atoms with Gasteiger partial charge in [0.05, 0.1) is 30.0 Å². The van der Waals surface area contributed by atoms with Crippen LogP contribution in [0.25, 0.3) is 0 Å². The van der Waals surface area contributed by atoms with Crippen LogP contribution in [0.1, 0.15) is 30.4 Å². The van der Waals surface area contributed by atoms with E-state index in [0.717, 1.165) is 25.0 Å². The fourth-order valence-electron chi connectivity index (χ4n) is 5.75. The fraction of sp³-hybridized carbons (Fsp3) is 0.700. The molecule has 4 atom stereocenters. The second kappa shape index (κ2) is 7.29. The number of alkyl halides is 6. The summed E-state index contributed by atoms with van der Waals surface area (Å²) in [4.78, 5) is 4.31. The lowest BCUT2D eigenvalue weighted by Crippen LogP contribution is -2.72. The zero-order valence-corrected chi connectivity index (χ0v) is 17.3. The van der Waals surface area contributed by atoms with Crippen LogP contribution in [-0.2, 0) is 17.1 Å². The quantitative estimate of drug-likeness (QED) is 0.618. The maximum absolute atomic E-state index is 13.5. The molecule has 6 nitrogen and oxygen atoms in total. The van der Waals surface area contributed by atoms with Crippen LogP contribution in [-0.4, -0.2) is 66.9 Å². The highest BCUT2D eigenvalue weighted by Gasteiger charge is 2.63. The smallest absolute Gasteiger partial charge is 0.379 e. The Hall–Kier alpha value is -1.92. The van der Waals surface area contributed by atoms with Gasteiger partial charge < -0.3 is 4.74 Å². The van der Waals surface area contributed by atoms with Crippen molar-refractivity contribution in [2.45, 2.75) is 55.4 Å². The van der Waals surface area contributed by atoms with Crippen LogP contribution in [0.3, 0.4) is 0 Å². The van der Waals surface area contributed by atoms with Crippen LogP contribution in [0.5, 0.6) is 0 Å². The van der Waals surface area contributed by atoms with Gasteiger partial charge in [0.1, 0.15) is 11.7 Å². The van der Waals surface area contributed by atoms with Crippen molar-refractivity contribution < 1.29 is 31.1 Å². The van der Waals surface area contributed by atoms with Crippen molar-refractivity contribution in [2.24, 2.45) is 10.3 Å². The third-order valence-corrected chi connectivity index (χ3v) is 7.28. The molecule has 0 radical (unpaired) electrons. The van der Waals surface area contributed by atoms with E-state index in [2.05, 4.69) is 20.1 Å². The first kappa shape index (κ1) is 21.9. The first-order valence-corrected chi connectivity index (χ1v) is 10.6. The minimum atomic E-state index is -4.93. The van der Waals surface area contributed by atoms with Crippen LogP contribution in [0.2, 0.25) is 0 Å². The van der Waals surface area contributed by atoms with Crippen molar-refractivity contribution in [3.63, 3.8) is 0 Å². The van der Waals surface area contributed by atoms with Gasteiger partial charge in [0.2, 0.25) is 0 Å². The van der Waals surface area contributed by atoms with Crippen LogP contribution >= 0.6 is 0 Å². The van der Waals surface area contributed by atoms with Crippen molar-refractivity contribution in [3.05, 3.63) is 29.3 Å². The summed E-state index contributed by atoms with van der Waals surface area (Å²) in [6.07, 6.45) is -7.56. The Labute approximate surface area is 180 Å². The van der Waals surface area contributed by atoms with Crippen molar-refractivity contribution in [1.29, 1.82) is 0 Å². The lowest BCUT2D eigenvalue weighted by Gasteiger charge is -2.55. The summed E-state index contributed by atoms with van der Waals surface area (Å²) in [7, 11) is 2.00. The zero-order valence-electron chi connectivity index (χ0n) is 17.3. The number of likely N-dealkylation sites (N-methyl/N-ethyl adjacent to an activating group) is 1. The number of rotatable bonds is 2. The molecule has 32 heavy (non-hydrogen) atoms. The summed E-state index contributed by atoms with van der Waals surface area (Å²) in [6, 6.07) is 1.44. The number of halogens is 6. The largest absolute Gasteiger partial charge is 0.416 e. The van der Waals surface area contributed by atoms with Gasteiger partial charge in [-0.1, -0.05) is 5.22 Å². The molecule has 5 rings (SSSR count). The number of fused-ring (bicyclic) bond motifs is 4. The third-order valence-electron chi connectivity index (χ3n) is 7.28. The van der Waals surface area contributed by atoms with E-state index in [9.17, 15) is 26.3 Å². The van der Waals surface area contributed by atoms with Crippen molar-refractivity contribution in [2.75, 3.05) is 38.4 Å². The van der Waals surface area contributed by atoms with E-state index < -0.39 is 29.1 Å². The molecule has 3 saturated heterocycles. The summed E-state index contributed by atoms with van der Waals surface area (Å²) in [6.45, 7) is 1.88. The lowest BCUT2D eigenvalue weighted by atomic mass is 9.83. The summed E-state index contributed by atoms with van der Waals surface area (Å²) in [5.74, 6) is 0. The van der Waals surface area contributed by atoms with E-state index in [0.29, 0.717) is 32.7 Å². The number of piperidine rings is 1. The molecule has 0 aromatic heterocycles. The standard InChI is InChI=1S/C20H23F6N5O/c1-29-14-2-3-16(29)17-18(11-14,30-4-6-32-7-5-30)31(28-27-17)15-9-12(19(21,22)23)8-13(10-15)20(24,25)26/h8-10,14,16-17H,2-7,11H2,1H3. The molecule has 4 aliphatic heterocycles. The molecular formula is C20H23F6N5O. The van der Waals surface area contributed by atoms with Gasteiger partial charge in [-0.2, -0.15) is 31.5 Å². The third kappa shape index (κ3) is 3.29. The second-order valence-electron chi connectivity index (χ2n) is 8.87. The van der Waals surface area contributed by atoms with Gasteiger partial charge in [-0.15, -0.1) is 0 Å². The highest BCUT2D eigenvalue weighted by atomic mass is 19.4. The Morgan fingerprint density at radius 2 is 1.59 bits per heavy atom. The normalized spacial score (nSPS) is 33.7. The van der Waals surface area contributed by atoms with Crippen LogP contribution in [0, 0.1) is 0 Å². The SMILES string of the molecule is CN1C2CCC1C1N=NN(c3cc(C(F)(F)F)cc(C(F)(F)F)c3)C1(N1CCOCC1)C2. The molecule has 2 bridgehead atoms. The summed E-state index contributed by atoms with van der Waals surface area (Å²) in [5, 5.41) is 9.98. The van der Waals surface area contributed by atoms with E-state index in [1.165, 1.54) is 5.01 Å². The van der Waals surface area contributed by atoms with Gasteiger partial charge in [0, 0.05) is 31.6 Å². The van der Waals surface area contributed by atoms with Crippen LogP contribution in [0.15, 0.2) is 28.5 Å². The van der Waals surface area contributed by atoms with Gasteiger partial charge in [-0.05, 0) is 38.1 Å². The van der Waals surface area contributed by atoms with Gasteiger partial charge in [0.25, 0.3) is 0 Å². The summed E-state index contributed by atoms with van der Waals surface area (Å²) >= 11 is 0. The number of benzene rings is 1. The highest BCUT2D eigenvalue weighted by molar-refractivity contribution is 5.55. The Morgan fingerprint density at radius 3 is 2.19 bits per heavy atom. The van der Waals surface area contributed by atoms with Gasteiger partial charge in [-0.25, -0.2) is 5.01 Å². The molecule has 3 fully saturated rings. The molecule has 0 saturated carbocycles. The maximum atomic E-state index is 13.5. The number of ether oxygens (including phenoxy) is 1. The first-order chi connectivity index (χ1) is 15.0. The molecule has 0 amide bonds. The average molecular weight is 463 g/mol. The number of hydrogen-bond donors (Lipinski definition) is 0. The molecule has 0 spiro atoms. The van der Waals surface area contributed by atoms with Gasteiger partial charge in [-0.3, -0.25) is 9.80 Å². The number of hydrogen-bond acceptors (Lipinski definition) is 6. The summed E-state index contributed by atoms with van der Waals surface area (Å²) in [5.41, 5.74) is -3.87. The molecule has 176 valence electrons. The minimum absolute atomic E-state index is 0.0261. The van der Waals surface area contributed by atoms with Crippen molar-refractivity contribution in [3.8, 4) is 0 Å². The molecule has 0 aliphatic carbocycles. The van der Waals surface area contributed by atoms with Crippen molar-refractivity contribution >= 4 is 5.69 Å². The van der Waals surface area contributed by atoms with Crippen LogP contribution in [0.4, 0.5) is 32.0 Å². The molecular weight excluding hydrogens is 440 g/mol.